The van der Waals surface area contributed by atoms with Crippen molar-refractivity contribution in [1.82, 2.24) is 4.90 Å². The summed E-state index contributed by atoms with van der Waals surface area (Å²) < 4.78 is 11.9. The zero-order valence-corrected chi connectivity index (χ0v) is 20.1. The first-order chi connectivity index (χ1) is 16.4. The number of benzene rings is 1. The molecule has 0 bridgehead atoms. The van der Waals surface area contributed by atoms with Crippen molar-refractivity contribution in [1.29, 1.82) is 0 Å². The summed E-state index contributed by atoms with van der Waals surface area (Å²) in [6, 6.07) is 6.50. The monoisotopic (exact) mass is 474 g/mol. The molecule has 3 N–H and O–H groups in total. The van der Waals surface area contributed by atoms with Gasteiger partial charge in [-0.05, 0) is 50.7 Å². The number of nitrogens with two attached hydrogens (primary N) is 1. The molecule has 1 fully saturated rings. The van der Waals surface area contributed by atoms with Crippen LogP contribution in [0.4, 0.5) is 0 Å². The number of carbonyl (C=O) groups is 3. The molecule has 8 nitrogen and oxygen atoms in total. The number of nitrogens with zero attached hydrogens (tertiary/aromatic N) is 1. The Labute approximate surface area is 201 Å². The maximum Gasteiger partial charge on any atom is 0.329 e. The minimum atomic E-state index is -1.10. The number of rotatable bonds is 14. The summed E-state index contributed by atoms with van der Waals surface area (Å²) in [5, 5.41) is 9.53. The van der Waals surface area contributed by atoms with E-state index in [0.29, 0.717) is 43.4 Å². The zero-order chi connectivity index (χ0) is 24.5. The van der Waals surface area contributed by atoms with E-state index in [0.717, 1.165) is 44.9 Å². The minimum absolute atomic E-state index is 0.182. The first kappa shape index (κ1) is 26.0. The highest BCUT2D eigenvalue weighted by atomic mass is 16.5. The number of fused-ring (bicyclic) bond motifs is 2. The van der Waals surface area contributed by atoms with Crippen LogP contribution < -0.4 is 10.5 Å². The molecule has 2 aliphatic rings. The van der Waals surface area contributed by atoms with Crippen LogP contribution in [0.2, 0.25) is 0 Å². The van der Waals surface area contributed by atoms with E-state index in [1.807, 2.05) is 6.07 Å². The number of hydrogen-bond acceptors (Lipinski definition) is 6. The Balaban J connectivity index is 1.55. The number of unbranched alkanes of at least 4 members (excludes halogenated alkanes) is 5. The summed E-state index contributed by atoms with van der Waals surface area (Å²) in [6.07, 6.45) is 7.91. The summed E-state index contributed by atoms with van der Waals surface area (Å²) in [7, 11) is 0. The lowest BCUT2D eigenvalue weighted by molar-refractivity contribution is -0.156. The average Bonchev–Trinajstić information content (AvgIpc) is 3.25. The smallest absolute Gasteiger partial charge is 0.329 e. The molecule has 3 rings (SSSR count). The van der Waals surface area contributed by atoms with Crippen LogP contribution in [0.3, 0.4) is 0 Å². The van der Waals surface area contributed by atoms with Crippen molar-refractivity contribution in [2.75, 3.05) is 0 Å². The number of carbonyl (C=O) groups excluding carboxylic acids is 3. The normalized spacial score (nSPS) is 20.8. The van der Waals surface area contributed by atoms with E-state index in [-0.39, 0.29) is 18.0 Å². The number of amides is 2. The Morgan fingerprint density at radius 2 is 1.76 bits per heavy atom. The van der Waals surface area contributed by atoms with Crippen molar-refractivity contribution in [2.24, 2.45) is 5.73 Å². The second-order valence-corrected chi connectivity index (χ2v) is 9.34. The summed E-state index contributed by atoms with van der Waals surface area (Å²) in [5.74, 6) is -0.670. The van der Waals surface area contributed by atoms with Crippen molar-refractivity contribution < 1.29 is 29.0 Å². The average molecular weight is 475 g/mol. The van der Waals surface area contributed by atoms with Gasteiger partial charge in [0.05, 0.1) is 5.56 Å². The first-order valence-corrected chi connectivity index (χ1v) is 12.7. The van der Waals surface area contributed by atoms with Gasteiger partial charge in [-0.2, -0.15) is 0 Å². The largest absolute Gasteiger partial charge is 0.470 e. The molecule has 188 valence electrons. The number of aliphatic hydroxyl groups is 1. The number of aliphatic hydroxyl groups excluding tert-OH is 1. The van der Waals surface area contributed by atoms with Gasteiger partial charge < -0.3 is 20.3 Å². The lowest BCUT2D eigenvalue weighted by atomic mass is 10.0. The van der Waals surface area contributed by atoms with Crippen LogP contribution in [0.5, 0.6) is 5.75 Å². The molecule has 2 aliphatic heterocycles. The highest BCUT2D eigenvalue weighted by Crippen LogP contribution is 2.36. The molecule has 0 unspecified atom stereocenters. The number of esters is 1. The molecule has 8 heteroatoms. The van der Waals surface area contributed by atoms with Gasteiger partial charge in [-0.3, -0.25) is 14.5 Å². The van der Waals surface area contributed by atoms with E-state index in [1.165, 1.54) is 0 Å². The predicted octanol–water partition coefficient (Wildman–Crippen LogP) is 3.69. The van der Waals surface area contributed by atoms with Gasteiger partial charge in [0.2, 0.25) is 5.91 Å². The second-order valence-electron chi connectivity index (χ2n) is 9.34. The quantitative estimate of drug-likeness (QED) is 0.314. The van der Waals surface area contributed by atoms with Crippen molar-refractivity contribution in [3.63, 3.8) is 0 Å². The lowest BCUT2D eigenvalue weighted by Gasteiger charge is -2.34. The summed E-state index contributed by atoms with van der Waals surface area (Å²) in [4.78, 5) is 38.7. The second kappa shape index (κ2) is 12.7. The Kier molecular flexibility index (Phi) is 9.74. The maximum atomic E-state index is 13.2. The Hall–Kier alpha value is -2.61. The van der Waals surface area contributed by atoms with Crippen molar-refractivity contribution in [3.05, 3.63) is 29.8 Å². The third-order valence-electron chi connectivity index (χ3n) is 6.71. The third-order valence-corrected chi connectivity index (χ3v) is 6.71. The Bertz CT molecular complexity index is 844. The van der Waals surface area contributed by atoms with E-state index in [9.17, 15) is 19.5 Å². The molecule has 1 aromatic rings. The molecular weight excluding hydrogens is 436 g/mol. The molecule has 34 heavy (non-hydrogen) atoms. The molecule has 2 heterocycles. The highest BCUT2D eigenvalue weighted by molar-refractivity contribution is 6.00. The number of para-hydroxylation sites is 1. The molecular formula is C26H38N2O6. The van der Waals surface area contributed by atoms with E-state index in [1.54, 1.807) is 23.1 Å². The molecule has 0 aromatic heterocycles. The molecule has 4 atom stereocenters. The minimum Gasteiger partial charge on any atom is -0.470 e. The number of primary amides is 1. The Morgan fingerprint density at radius 1 is 1.09 bits per heavy atom. The standard InChI is InChI=1S/C26H38N2O6/c1-2-3-4-6-11-18(12-7-5-8-14-21(29)24(27)30)33-26(32)20-16-17-23-28(20)25(31)19-13-9-10-15-22(19)34-23/h9-10,13,15,18,20-21,23,29H,2-8,11-12,14,16-17H2,1H3,(H2,27,30)/t18-,20+,21-,23-/m1/s1. The van der Waals surface area contributed by atoms with Crippen LogP contribution in [-0.4, -0.2) is 52.3 Å². The van der Waals surface area contributed by atoms with Gasteiger partial charge in [0.1, 0.15) is 24.0 Å². The molecule has 1 aromatic carbocycles. The number of ether oxygens (including phenoxy) is 2. The van der Waals surface area contributed by atoms with Gasteiger partial charge in [0, 0.05) is 6.42 Å². The van der Waals surface area contributed by atoms with Crippen LogP contribution in [-0.2, 0) is 14.3 Å². The van der Waals surface area contributed by atoms with Gasteiger partial charge in [-0.25, -0.2) is 4.79 Å². The molecule has 0 spiro atoms. The van der Waals surface area contributed by atoms with E-state index in [2.05, 4.69) is 6.92 Å². The maximum absolute atomic E-state index is 13.2. The van der Waals surface area contributed by atoms with Gasteiger partial charge >= 0.3 is 5.97 Å². The molecule has 1 saturated heterocycles. The third kappa shape index (κ3) is 6.72. The van der Waals surface area contributed by atoms with Gasteiger partial charge in [0.15, 0.2) is 6.23 Å². The van der Waals surface area contributed by atoms with Gasteiger partial charge in [-0.15, -0.1) is 0 Å². The summed E-state index contributed by atoms with van der Waals surface area (Å²) in [5.41, 5.74) is 5.57. The summed E-state index contributed by atoms with van der Waals surface area (Å²) in [6.45, 7) is 2.16. The molecule has 0 saturated carbocycles. The van der Waals surface area contributed by atoms with Crippen LogP contribution in [0, 0.1) is 0 Å². The fraction of sp³-hybridized carbons (Fsp3) is 0.654. The molecule has 0 aliphatic carbocycles. The number of hydrogen-bond donors (Lipinski definition) is 2. The van der Waals surface area contributed by atoms with Crippen molar-refractivity contribution in [3.8, 4) is 5.75 Å². The molecule has 0 radical (unpaired) electrons. The van der Waals surface area contributed by atoms with E-state index in [4.69, 9.17) is 15.2 Å². The Morgan fingerprint density at radius 3 is 2.47 bits per heavy atom. The van der Waals surface area contributed by atoms with E-state index >= 15 is 0 Å². The highest BCUT2D eigenvalue weighted by Gasteiger charge is 2.47. The van der Waals surface area contributed by atoms with Crippen LogP contribution in [0.1, 0.15) is 94.3 Å². The van der Waals surface area contributed by atoms with Crippen molar-refractivity contribution >= 4 is 17.8 Å². The van der Waals surface area contributed by atoms with Crippen molar-refractivity contribution in [2.45, 2.75) is 108 Å². The molecule has 2 amide bonds. The summed E-state index contributed by atoms with van der Waals surface area (Å²) >= 11 is 0. The van der Waals surface area contributed by atoms with Crippen LogP contribution >= 0.6 is 0 Å². The van der Waals surface area contributed by atoms with Gasteiger partial charge in [0.25, 0.3) is 5.91 Å². The van der Waals surface area contributed by atoms with E-state index < -0.39 is 24.3 Å². The fourth-order valence-corrected chi connectivity index (χ4v) is 4.76. The fourth-order valence-electron chi connectivity index (χ4n) is 4.76. The predicted molar refractivity (Wildman–Crippen MR) is 127 cm³/mol. The first-order valence-electron chi connectivity index (χ1n) is 12.7. The van der Waals surface area contributed by atoms with Crippen LogP contribution in [0.25, 0.3) is 0 Å². The van der Waals surface area contributed by atoms with Crippen LogP contribution in [0.15, 0.2) is 24.3 Å². The zero-order valence-electron chi connectivity index (χ0n) is 20.1. The SMILES string of the molecule is CCCCCC[C@H](CCCCC[C@@H](O)C(N)=O)OC(=O)[C@@H]1CC[C@H]2Oc3ccccc3C(=O)N21. The topological polar surface area (TPSA) is 119 Å². The lowest BCUT2D eigenvalue weighted by Crippen LogP contribution is -2.50. The van der Waals surface area contributed by atoms with Gasteiger partial charge in [-0.1, -0.05) is 51.2 Å².